The first-order chi connectivity index (χ1) is 17.5. The highest BCUT2D eigenvalue weighted by atomic mass is 32.2. The molecular weight excluding hydrogens is 490 g/mol. The van der Waals surface area contributed by atoms with Crippen LogP contribution in [-0.2, 0) is 27.9 Å². The Morgan fingerprint density at radius 1 is 1.08 bits per heavy atom. The van der Waals surface area contributed by atoms with Gasteiger partial charge in [0.05, 0.1) is 11.9 Å². The Morgan fingerprint density at radius 3 is 2.38 bits per heavy atom. The van der Waals surface area contributed by atoms with Crippen LogP contribution in [0.4, 0.5) is 5.69 Å². The number of anilines is 1. The van der Waals surface area contributed by atoms with Crippen molar-refractivity contribution in [1.82, 2.24) is 19.4 Å². The summed E-state index contributed by atoms with van der Waals surface area (Å²) in [7, 11) is -4.09. The molecule has 0 saturated carbocycles. The van der Waals surface area contributed by atoms with E-state index in [1.54, 1.807) is 41.6 Å². The van der Waals surface area contributed by atoms with E-state index in [2.05, 4.69) is 28.6 Å². The normalized spacial score (nSPS) is 16.1. The van der Waals surface area contributed by atoms with Crippen molar-refractivity contribution in [2.45, 2.75) is 84.7 Å². The van der Waals surface area contributed by atoms with Crippen molar-refractivity contribution in [1.29, 1.82) is 0 Å². The molecule has 0 spiro atoms. The smallest absolute Gasteiger partial charge is 0.267 e. The highest BCUT2D eigenvalue weighted by molar-refractivity contribution is 7.90. The molecule has 0 unspecified atom stereocenters. The SMILES string of the molecule is CCn1ncc(S(=O)(=O)NC(=O)c2ccc3c(c2)CN(CC(C)C)CCCCCCCN3C(C)=O)c1C. The fourth-order valence-electron chi connectivity index (χ4n) is 4.94. The van der Waals surface area contributed by atoms with E-state index in [1.165, 1.54) is 6.20 Å². The molecule has 2 amide bonds. The maximum atomic E-state index is 13.1. The summed E-state index contributed by atoms with van der Waals surface area (Å²) in [6.07, 6.45) is 6.65. The molecule has 2 heterocycles. The molecule has 9 nitrogen and oxygen atoms in total. The molecule has 1 aromatic heterocycles. The third-order valence-corrected chi connectivity index (χ3v) is 8.19. The molecule has 10 heteroatoms. The van der Waals surface area contributed by atoms with Crippen LogP contribution in [-0.4, -0.2) is 54.5 Å². The molecule has 37 heavy (non-hydrogen) atoms. The van der Waals surface area contributed by atoms with Crippen LogP contribution in [0.15, 0.2) is 29.3 Å². The van der Waals surface area contributed by atoms with Gasteiger partial charge in [-0.3, -0.25) is 19.2 Å². The number of aryl methyl sites for hydroxylation is 1. The predicted octanol–water partition coefficient (Wildman–Crippen LogP) is 4.11. The number of hydrogen-bond donors (Lipinski definition) is 1. The minimum absolute atomic E-state index is 0.0140. The number of fused-ring (bicyclic) bond motifs is 1. The van der Waals surface area contributed by atoms with E-state index in [4.69, 9.17) is 0 Å². The molecule has 204 valence electrons. The molecule has 0 fully saturated rings. The van der Waals surface area contributed by atoms with Crippen molar-refractivity contribution in [3.63, 3.8) is 0 Å². The van der Waals surface area contributed by atoms with Gasteiger partial charge in [0.2, 0.25) is 5.91 Å². The monoisotopic (exact) mass is 531 g/mol. The number of sulfonamides is 1. The fourth-order valence-corrected chi connectivity index (χ4v) is 6.09. The van der Waals surface area contributed by atoms with Crippen molar-refractivity contribution in [3.8, 4) is 0 Å². The summed E-state index contributed by atoms with van der Waals surface area (Å²) in [6.45, 7) is 13.0. The van der Waals surface area contributed by atoms with E-state index in [-0.39, 0.29) is 16.4 Å². The molecule has 3 rings (SSSR count). The lowest BCUT2D eigenvalue weighted by atomic mass is 10.0. The lowest BCUT2D eigenvalue weighted by molar-refractivity contribution is -0.116. The largest absolute Gasteiger partial charge is 0.312 e. The number of benzene rings is 1. The van der Waals surface area contributed by atoms with Crippen LogP contribution >= 0.6 is 0 Å². The molecule has 0 aliphatic carbocycles. The zero-order valence-corrected chi connectivity index (χ0v) is 23.6. The highest BCUT2D eigenvalue weighted by Crippen LogP contribution is 2.27. The van der Waals surface area contributed by atoms with Gasteiger partial charge in [-0.25, -0.2) is 13.1 Å². The number of amides is 2. The van der Waals surface area contributed by atoms with Crippen molar-refractivity contribution < 1.29 is 18.0 Å². The van der Waals surface area contributed by atoms with Gasteiger partial charge in [-0.1, -0.05) is 33.1 Å². The first-order valence-electron chi connectivity index (χ1n) is 13.3. The fraction of sp³-hybridized carbons (Fsp3) is 0.593. The summed E-state index contributed by atoms with van der Waals surface area (Å²) in [5, 5.41) is 4.09. The summed E-state index contributed by atoms with van der Waals surface area (Å²) in [5.74, 6) is -0.288. The van der Waals surface area contributed by atoms with Crippen LogP contribution in [0.3, 0.4) is 0 Å². The molecule has 0 atom stereocenters. The van der Waals surface area contributed by atoms with Crippen LogP contribution in [0, 0.1) is 12.8 Å². The lowest BCUT2D eigenvalue weighted by Crippen LogP contribution is -2.34. The Labute approximate surface area is 221 Å². The van der Waals surface area contributed by atoms with E-state index < -0.39 is 15.9 Å². The Kier molecular flexibility index (Phi) is 9.89. The number of hydrogen-bond acceptors (Lipinski definition) is 6. The van der Waals surface area contributed by atoms with E-state index in [0.717, 1.165) is 56.4 Å². The second kappa shape index (κ2) is 12.7. The molecule has 1 N–H and O–H groups in total. The van der Waals surface area contributed by atoms with Gasteiger partial charge >= 0.3 is 0 Å². The predicted molar refractivity (Wildman–Crippen MR) is 145 cm³/mol. The summed E-state index contributed by atoms with van der Waals surface area (Å²) in [5.41, 5.74) is 2.34. The first-order valence-corrected chi connectivity index (χ1v) is 14.7. The third kappa shape index (κ3) is 7.41. The van der Waals surface area contributed by atoms with E-state index in [9.17, 15) is 18.0 Å². The van der Waals surface area contributed by atoms with Crippen LogP contribution in [0.1, 0.15) is 81.4 Å². The van der Waals surface area contributed by atoms with Crippen molar-refractivity contribution >= 4 is 27.5 Å². The number of carbonyl (C=O) groups excluding carboxylic acids is 2. The molecule has 1 aromatic carbocycles. The Hall–Kier alpha value is -2.72. The zero-order valence-electron chi connectivity index (χ0n) is 22.8. The maximum Gasteiger partial charge on any atom is 0.267 e. The van der Waals surface area contributed by atoms with Crippen molar-refractivity contribution in [2.75, 3.05) is 24.5 Å². The van der Waals surface area contributed by atoms with Crippen LogP contribution in [0.5, 0.6) is 0 Å². The van der Waals surface area contributed by atoms with Gasteiger partial charge < -0.3 is 4.90 Å². The second-order valence-corrected chi connectivity index (χ2v) is 11.9. The van der Waals surface area contributed by atoms with Crippen LogP contribution in [0.2, 0.25) is 0 Å². The minimum Gasteiger partial charge on any atom is -0.312 e. The lowest BCUT2D eigenvalue weighted by Gasteiger charge is -2.30. The molecule has 0 radical (unpaired) electrons. The van der Waals surface area contributed by atoms with Crippen molar-refractivity contribution in [2.24, 2.45) is 5.92 Å². The number of carbonyl (C=O) groups is 2. The van der Waals surface area contributed by atoms with E-state index in [0.29, 0.717) is 31.2 Å². The van der Waals surface area contributed by atoms with Gasteiger partial charge in [-0.05, 0) is 62.9 Å². The van der Waals surface area contributed by atoms with E-state index in [1.807, 2.05) is 6.92 Å². The zero-order chi connectivity index (χ0) is 27.2. The van der Waals surface area contributed by atoms with Crippen LogP contribution in [0.25, 0.3) is 0 Å². The van der Waals surface area contributed by atoms with Crippen molar-refractivity contribution in [3.05, 3.63) is 41.2 Å². The van der Waals surface area contributed by atoms with Gasteiger partial charge in [0.1, 0.15) is 4.90 Å². The number of nitrogens with zero attached hydrogens (tertiary/aromatic N) is 4. The van der Waals surface area contributed by atoms with Gasteiger partial charge in [0, 0.05) is 44.4 Å². The Bertz CT molecular complexity index is 1210. The molecule has 0 bridgehead atoms. The summed E-state index contributed by atoms with van der Waals surface area (Å²) >= 11 is 0. The maximum absolute atomic E-state index is 13.1. The van der Waals surface area contributed by atoms with Crippen LogP contribution < -0.4 is 9.62 Å². The van der Waals surface area contributed by atoms with E-state index >= 15 is 0 Å². The topological polar surface area (TPSA) is 105 Å². The van der Waals surface area contributed by atoms with Gasteiger partial charge in [-0.15, -0.1) is 0 Å². The van der Waals surface area contributed by atoms with Gasteiger partial charge in [0.25, 0.3) is 15.9 Å². The standard InChI is InChI=1S/C27H41N5O4S/c1-6-32-21(4)26(17-28-32)37(35,36)29-27(34)23-12-13-25-24(16-23)19-30(18-20(2)3)14-10-8-7-9-11-15-31(25)22(5)33/h12-13,16-17,20H,6-11,14-15,18-19H2,1-5H3,(H,29,34). The second-order valence-electron chi connectivity index (χ2n) is 10.3. The molecule has 0 saturated heterocycles. The third-order valence-electron chi connectivity index (χ3n) is 6.76. The van der Waals surface area contributed by atoms with Gasteiger partial charge in [-0.2, -0.15) is 5.10 Å². The average Bonchev–Trinajstić information content (AvgIpc) is 3.20. The summed E-state index contributed by atoms with van der Waals surface area (Å²) in [6, 6.07) is 5.11. The highest BCUT2D eigenvalue weighted by Gasteiger charge is 2.25. The number of rotatable bonds is 6. The Balaban J connectivity index is 1.97. The quantitative estimate of drug-likeness (QED) is 0.602. The van der Waals surface area contributed by atoms with Gasteiger partial charge in [0.15, 0.2) is 0 Å². The first kappa shape index (κ1) is 28.8. The summed E-state index contributed by atoms with van der Waals surface area (Å²) in [4.78, 5) is 29.9. The minimum atomic E-state index is -4.09. The summed E-state index contributed by atoms with van der Waals surface area (Å²) < 4.78 is 29.7. The number of aromatic nitrogens is 2. The molecule has 1 aliphatic heterocycles. The molecular formula is C27H41N5O4S. The molecule has 1 aliphatic rings. The number of nitrogens with one attached hydrogen (secondary N) is 1. The Morgan fingerprint density at radius 2 is 1.76 bits per heavy atom. The molecule has 2 aromatic rings. The average molecular weight is 532 g/mol.